The molecule has 0 unspecified atom stereocenters. The second-order valence-electron chi connectivity index (χ2n) is 8.14. The molecule has 1 aliphatic heterocycles. The number of rotatable bonds is 4. The first kappa shape index (κ1) is 20.5. The smallest absolute Gasteiger partial charge is 0.262 e. The van der Waals surface area contributed by atoms with Crippen LogP contribution in [0.5, 0.6) is 0 Å². The van der Waals surface area contributed by atoms with Gasteiger partial charge in [-0.1, -0.05) is 66.2 Å². The van der Waals surface area contributed by atoms with E-state index in [1.807, 2.05) is 77.7 Å². The molecule has 0 fully saturated rings. The van der Waals surface area contributed by atoms with Crippen molar-refractivity contribution in [2.75, 3.05) is 0 Å². The minimum atomic E-state index is -0.631. The van der Waals surface area contributed by atoms with Gasteiger partial charge in [-0.3, -0.25) is 14.2 Å². The summed E-state index contributed by atoms with van der Waals surface area (Å²) in [5.41, 5.74) is 2.47. The molecule has 2 heterocycles. The fourth-order valence-corrected chi connectivity index (χ4v) is 4.69. The fourth-order valence-electron chi connectivity index (χ4n) is 4.47. The SMILES string of the molecule is C[C@H]1C(=O)N(Cc2ccccc2)[C@@H](Cc2cccc(Cl)c2)c2nc3ccccc3c(=O)n21. The fraction of sp³-hybridized carbons (Fsp3) is 0.192. The number of nitrogens with zero attached hydrogens (tertiary/aromatic N) is 3. The molecule has 0 N–H and O–H groups in total. The first-order chi connectivity index (χ1) is 15.5. The Bertz CT molecular complexity index is 1370. The van der Waals surface area contributed by atoms with E-state index < -0.39 is 12.1 Å². The zero-order valence-electron chi connectivity index (χ0n) is 17.6. The van der Waals surface area contributed by atoms with Crippen molar-refractivity contribution in [1.82, 2.24) is 14.5 Å². The van der Waals surface area contributed by atoms with Crippen molar-refractivity contribution < 1.29 is 4.79 Å². The van der Waals surface area contributed by atoms with Crippen LogP contribution in [0.2, 0.25) is 5.02 Å². The normalized spacial score (nSPS) is 18.1. The second kappa shape index (κ2) is 8.24. The predicted octanol–water partition coefficient (Wildman–Crippen LogP) is 4.94. The van der Waals surface area contributed by atoms with E-state index in [4.69, 9.17) is 16.6 Å². The van der Waals surface area contributed by atoms with Gasteiger partial charge in [-0.15, -0.1) is 0 Å². The van der Waals surface area contributed by atoms with Gasteiger partial charge in [0, 0.05) is 18.0 Å². The van der Waals surface area contributed by atoms with Crippen LogP contribution in [-0.2, 0) is 17.8 Å². The molecule has 32 heavy (non-hydrogen) atoms. The molecule has 3 aromatic carbocycles. The number of para-hydroxylation sites is 1. The summed E-state index contributed by atoms with van der Waals surface area (Å²) in [5.74, 6) is 0.518. The Labute approximate surface area is 190 Å². The van der Waals surface area contributed by atoms with Crippen molar-refractivity contribution in [3.05, 3.63) is 111 Å². The quantitative estimate of drug-likeness (QED) is 0.449. The van der Waals surface area contributed by atoms with E-state index >= 15 is 0 Å². The van der Waals surface area contributed by atoms with Crippen molar-refractivity contribution >= 4 is 28.4 Å². The molecular weight excluding hydrogens is 422 g/mol. The second-order valence-corrected chi connectivity index (χ2v) is 8.58. The Morgan fingerprint density at radius 1 is 0.906 bits per heavy atom. The average Bonchev–Trinajstić information content (AvgIpc) is 2.80. The lowest BCUT2D eigenvalue weighted by Gasteiger charge is -2.40. The number of amides is 1. The van der Waals surface area contributed by atoms with Crippen molar-refractivity contribution in [2.45, 2.75) is 32.0 Å². The maximum Gasteiger partial charge on any atom is 0.262 e. The third kappa shape index (κ3) is 3.59. The van der Waals surface area contributed by atoms with Crippen LogP contribution in [0.15, 0.2) is 83.7 Å². The Morgan fingerprint density at radius 2 is 1.62 bits per heavy atom. The molecule has 0 saturated heterocycles. The van der Waals surface area contributed by atoms with Crippen molar-refractivity contribution in [3.63, 3.8) is 0 Å². The molecule has 0 saturated carbocycles. The number of fused-ring (bicyclic) bond motifs is 2. The zero-order chi connectivity index (χ0) is 22.2. The lowest BCUT2D eigenvalue weighted by Crippen LogP contribution is -2.49. The van der Waals surface area contributed by atoms with Crippen LogP contribution in [0.1, 0.15) is 36.0 Å². The topological polar surface area (TPSA) is 55.2 Å². The van der Waals surface area contributed by atoms with Gasteiger partial charge in [-0.05, 0) is 42.3 Å². The van der Waals surface area contributed by atoms with Gasteiger partial charge in [0.25, 0.3) is 5.56 Å². The standard InChI is InChI=1S/C26H22ClN3O2/c1-17-25(31)29(16-18-8-3-2-4-9-18)23(15-19-10-7-11-20(27)14-19)24-28-22-13-6-5-12-21(22)26(32)30(17)24/h2-14,17,23H,15-16H2,1H3/t17-,23-/m0/s1. The summed E-state index contributed by atoms with van der Waals surface area (Å²) in [7, 11) is 0. The molecule has 4 aromatic rings. The van der Waals surface area contributed by atoms with Gasteiger partial charge < -0.3 is 4.90 Å². The molecule has 0 bridgehead atoms. The maximum atomic E-state index is 13.6. The van der Waals surface area contributed by atoms with Crippen LogP contribution >= 0.6 is 11.6 Å². The summed E-state index contributed by atoms with van der Waals surface area (Å²) in [6.07, 6.45) is 0.511. The molecule has 1 aliphatic rings. The highest BCUT2D eigenvalue weighted by atomic mass is 35.5. The number of carbonyl (C=O) groups is 1. The monoisotopic (exact) mass is 443 g/mol. The maximum absolute atomic E-state index is 13.6. The van der Waals surface area contributed by atoms with Gasteiger partial charge in [0.05, 0.1) is 16.9 Å². The van der Waals surface area contributed by atoms with E-state index in [-0.39, 0.29) is 11.5 Å². The van der Waals surface area contributed by atoms with Crippen molar-refractivity contribution in [1.29, 1.82) is 0 Å². The summed E-state index contributed by atoms with van der Waals surface area (Å²) in [6.45, 7) is 2.22. The van der Waals surface area contributed by atoms with Crippen molar-refractivity contribution in [3.8, 4) is 0 Å². The first-order valence-corrected chi connectivity index (χ1v) is 11.0. The van der Waals surface area contributed by atoms with Crippen LogP contribution in [0.3, 0.4) is 0 Å². The lowest BCUT2D eigenvalue weighted by atomic mass is 9.98. The lowest BCUT2D eigenvalue weighted by molar-refractivity contribution is -0.140. The van der Waals surface area contributed by atoms with E-state index in [2.05, 4.69) is 0 Å². The van der Waals surface area contributed by atoms with E-state index in [1.54, 1.807) is 17.6 Å². The molecule has 160 valence electrons. The Hall–Kier alpha value is -3.44. The molecular formula is C26H22ClN3O2. The molecule has 5 rings (SSSR count). The number of hydrogen-bond acceptors (Lipinski definition) is 3. The van der Waals surface area contributed by atoms with Crippen LogP contribution in [0.25, 0.3) is 10.9 Å². The number of halogens is 1. The third-order valence-electron chi connectivity index (χ3n) is 6.05. The van der Waals surface area contributed by atoms with E-state index in [0.717, 1.165) is 11.1 Å². The molecule has 0 spiro atoms. The van der Waals surface area contributed by atoms with E-state index in [9.17, 15) is 9.59 Å². The summed E-state index contributed by atoms with van der Waals surface area (Å²) in [6, 6.07) is 23.8. The first-order valence-electron chi connectivity index (χ1n) is 10.6. The number of aromatic nitrogens is 2. The van der Waals surface area contributed by atoms with E-state index in [0.29, 0.717) is 34.7 Å². The molecule has 5 nitrogen and oxygen atoms in total. The average molecular weight is 444 g/mol. The molecule has 0 aliphatic carbocycles. The van der Waals surface area contributed by atoms with E-state index in [1.165, 1.54) is 0 Å². The van der Waals surface area contributed by atoms with Crippen molar-refractivity contribution in [2.24, 2.45) is 0 Å². The zero-order valence-corrected chi connectivity index (χ0v) is 18.4. The summed E-state index contributed by atoms with van der Waals surface area (Å²) < 4.78 is 1.57. The van der Waals surface area contributed by atoms with Gasteiger partial charge in [0.15, 0.2) is 0 Å². The molecule has 0 radical (unpaired) electrons. The number of carbonyl (C=O) groups excluding carboxylic acids is 1. The highest BCUT2D eigenvalue weighted by Crippen LogP contribution is 2.34. The Kier molecular flexibility index (Phi) is 5.27. The molecule has 1 aromatic heterocycles. The Morgan fingerprint density at radius 3 is 2.41 bits per heavy atom. The molecule has 1 amide bonds. The number of benzene rings is 3. The van der Waals surface area contributed by atoms with Crippen LogP contribution < -0.4 is 5.56 Å². The molecule has 2 atom stereocenters. The van der Waals surface area contributed by atoms with Gasteiger partial charge >= 0.3 is 0 Å². The largest absolute Gasteiger partial charge is 0.326 e. The van der Waals surface area contributed by atoms with Gasteiger partial charge in [-0.2, -0.15) is 0 Å². The van der Waals surface area contributed by atoms with Crippen LogP contribution in [0.4, 0.5) is 0 Å². The van der Waals surface area contributed by atoms with Gasteiger partial charge in [0.1, 0.15) is 11.9 Å². The minimum Gasteiger partial charge on any atom is -0.326 e. The Balaban J connectivity index is 1.69. The highest BCUT2D eigenvalue weighted by molar-refractivity contribution is 6.30. The van der Waals surface area contributed by atoms with Gasteiger partial charge in [0.2, 0.25) is 5.91 Å². The van der Waals surface area contributed by atoms with Crippen LogP contribution in [0, 0.1) is 0 Å². The summed E-state index contributed by atoms with van der Waals surface area (Å²) in [4.78, 5) is 33.7. The summed E-state index contributed by atoms with van der Waals surface area (Å²) >= 11 is 6.23. The third-order valence-corrected chi connectivity index (χ3v) is 6.29. The summed E-state index contributed by atoms with van der Waals surface area (Å²) in [5, 5.41) is 1.16. The molecule has 6 heteroatoms. The number of hydrogen-bond donors (Lipinski definition) is 0. The highest BCUT2D eigenvalue weighted by Gasteiger charge is 2.39. The van der Waals surface area contributed by atoms with Crippen LogP contribution in [-0.4, -0.2) is 20.4 Å². The predicted molar refractivity (Wildman–Crippen MR) is 126 cm³/mol. The minimum absolute atomic E-state index is 0.0902. The van der Waals surface area contributed by atoms with Gasteiger partial charge in [-0.25, -0.2) is 4.98 Å².